The van der Waals surface area contributed by atoms with Gasteiger partial charge in [-0.1, -0.05) is 31.5 Å². The average Bonchev–Trinajstić information content (AvgIpc) is 3.08. The summed E-state index contributed by atoms with van der Waals surface area (Å²) in [6, 6.07) is 8.30. The Kier molecular flexibility index (Phi) is 3.91. The summed E-state index contributed by atoms with van der Waals surface area (Å²) in [4.78, 5) is 18.6. The Hall–Kier alpha value is -1.90. The van der Waals surface area contributed by atoms with Gasteiger partial charge in [0.1, 0.15) is 0 Å². The first kappa shape index (κ1) is 14.1. The molecule has 3 nitrogen and oxygen atoms in total. The largest absolute Gasteiger partial charge is 0.303 e. The second kappa shape index (κ2) is 5.84. The fraction of sp³-hybridized carbons (Fsp3) is 0.444. The van der Waals surface area contributed by atoms with Crippen LogP contribution in [0, 0.1) is 0 Å². The van der Waals surface area contributed by atoms with Crippen LogP contribution in [-0.4, -0.2) is 17.7 Å². The third kappa shape index (κ3) is 2.65. The molecular formula is C18H22N2O. The van der Waals surface area contributed by atoms with Crippen LogP contribution >= 0.6 is 0 Å². The van der Waals surface area contributed by atoms with Crippen LogP contribution in [0.4, 0.5) is 5.69 Å². The van der Waals surface area contributed by atoms with Crippen LogP contribution < -0.4 is 4.90 Å². The molecule has 2 heterocycles. The van der Waals surface area contributed by atoms with E-state index >= 15 is 0 Å². The van der Waals surface area contributed by atoms with E-state index in [1.165, 1.54) is 24.0 Å². The van der Waals surface area contributed by atoms with Gasteiger partial charge >= 0.3 is 0 Å². The van der Waals surface area contributed by atoms with Gasteiger partial charge in [-0.05, 0) is 30.0 Å². The summed E-state index contributed by atoms with van der Waals surface area (Å²) >= 11 is 0. The monoisotopic (exact) mass is 282 g/mol. The molecule has 21 heavy (non-hydrogen) atoms. The topological polar surface area (TPSA) is 32.7 Å². The van der Waals surface area contributed by atoms with E-state index in [2.05, 4.69) is 18.0 Å². The van der Waals surface area contributed by atoms with Crippen LogP contribution in [0.3, 0.4) is 0 Å². The number of benzene rings is 1. The van der Waals surface area contributed by atoms with Crippen molar-refractivity contribution in [3.8, 4) is 0 Å². The van der Waals surface area contributed by atoms with Crippen LogP contribution in [0.1, 0.15) is 45.1 Å². The first-order valence-corrected chi connectivity index (χ1v) is 7.83. The number of hydrogen-bond acceptors (Lipinski definition) is 2. The lowest BCUT2D eigenvalue weighted by molar-refractivity contribution is -0.116. The van der Waals surface area contributed by atoms with Crippen LogP contribution in [0.2, 0.25) is 0 Å². The molecule has 1 aromatic carbocycles. The van der Waals surface area contributed by atoms with Crippen molar-refractivity contribution in [3.05, 3.63) is 41.6 Å². The number of amides is 1. The third-order valence-corrected chi connectivity index (χ3v) is 4.37. The predicted octanol–water partition coefficient (Wildman–Crippen LogP) is 3.88. The maximum absolute atomic E-state index is 12.1. The van der Waals surface area contributed by atoms with Crippen molar-refractivity contribution in [2.75, 3.05) is 4.90 Å². The van der Waals surface area contributed by atoms with Crippen molar-refractivity contribution >= 4 is 17.3 Å². The molecule has 0 saturated carbocycles. The molecule has 2 aliphatic rings. The fourth-order valence-electron chi connectivity index (χ4n) is 3.30. The molecule has 3 rings (SSSR count). The van der Waals surface area contributed by atoms with Gasteiger partial charge in [-0.15, -0.1) is 0 Å². The number of anilines is 1. The number of carbonyl (C=O) groups is 1. The molecule has 1 unspecified atom stereocenters. The third-order valence-electron chi connectivity index (χ3n) is 4.37. The highest BCUT2D eigenvalue weighted by molar-refractivity contribution is 6.06. The highest BCUT2D eigenvalue weighted by Crippen LogP contribution is 2.35. The zero-order valence-electron chi connectivity index (χ0n) is 12.8. The Morgan fingerprint density at radius 1 is 1.38 bits per heavy atom. The quantitative estimate of drug-likeness (QED) is 0.824. The second-order valence-corrected chi connectivity index (χ2v) is 5.93. The summed E-state index contributed by atoms with van der Waals surface area (Å²) in [6.45, 7) is 3.86. The van der Waals surface area contributed by atoms with Crippen molar-refractivity contribution in [1.82, 2.24) is 0 Å². The van der Waals surface area contributed by atoms with Gasteiger partial charge in [-0.3, -0.25) is 9.79 Å². The predicted molar refractivity (Wildman–Crippen MR) is 86.8 cm³/mol. The Labute approximate surface area is 126 Å². The van der Waals surface area contributed by atoms with Gasteiger partial charge in [0.15, 0.2) is 0 Å². The van der Waals surface area contributed by atoms with Gasteiger partial charge in [0.2, 0.25) is 5.91 Å². The Balaban J connectivity index is 1.77. The van der Waals surface area contributed by atoms with Gasteiger partial charge < -0.3 is 4.90 Å². The molecule has 1 aromatic rings. The molecule has 2 aliphatic heterocycles. The van der Waals surface area contributed by atoms with Gasteiger partial charge in [0, 0.05) is 37.4 Å². The first-order valence-electron chi connectivity index (χ1n) is 7.83. The molecule has 0 N–H and O–H groups in total. The molecule has 0 spiro atoms. The number of hydrogen-bond donors (Lipinski definition) is 0. The Morgan fingerprint density at radius 2 is 2.19 bits per heavy atom. The molecule has 0 radical (unpaired) electrons. The molecule has 0 aliphatic carbocycles. The molecule has 3 heteroatoms. The van der Waals surface area contributed by atoms with Gasteiger partial charge in [0.25, 0.3) is 0 Å². The van der Waals surface area contributed by atoms with Crippen molar-refractivity contribution in [2.24, 2.45) is 4.99 Å². The lowest BCUT2D eigenvalue weighted by atomic mass is 9.99. The minimum absolute atomic E-state index is 0.106. The highest BCUT2D eigenvalue weighted by atomic mass is 16.2. The molecule has 0 saturated heterocycles. The van der Waals surface area contributed by atoms with Crippen LogP contribution in [0.25, 0.3) is 0 Å². The number of aliphatic imine (C=N–C) groups is 1. The summed E-state index contributed by atoms with van der Waals surface area (Å²) in [5.74, 6) is 0.106. The number of unbranched alkanes of at least 4 members (excludes halogenated alkanes) is 1. The summed E-state index contributed by atoms with van der Waals surface area (Å²) in [5.41, 5.74) is 4.86. The Bertz CT molecular complexity index is 615. The van der Waals surface area contributed by atoms with Gasteiger partial charge in [-0.25, -0.2) is 0 Å². The number of para-hydroxylation sites is 1. The van der Waals surface area contributed by atoms with E-state index in [1.54, 1.807) is 6.92 Å². The van der Waals surface area contributed by atoms with E-state index in [0.717, 1.165) is 30.7 Å². The minimum Gasteiger partial charge on any atom is -0.303 e. The average molecular weight is 282 g/mol. The second-order valence-electron chi connectivity index (χ2n) is 5.93. The summed E-state index contributed by atoms with van der Waals surface area (Å²) in [5, 5.41) is 0. The molecule has 0 bridgehead atoms. The highest BCUT2D eigenvalue weighted by Gasteiger charge is 2.35. The lowest BCUT2D eigenvalue weighted by Crippen LogP contribution is -2.41. The van der Waals surface area contributed by atoms with E-state index in [9.17, 15) is 4.79 Å². The number of rotatable bonds is 4. The Morgan fingerprint density at radius 3 is 2.95 bits per heavy atom. The summed E-state index contributed by atoms with van der Waals surface area (Å²) < 4.78 is 0. The van der Waals surface area contributed by atoms with Gasteiger partial charge in [0.05, 0.1) is 6.04 Å². The molecule has 110 valence electrons. The number of allylic oxidation sites excluding steroid dienone is 1. The minimum atomic E-state index is 0.106. The van der Waals surface area contributed by atoms with E-state index in [0.29, 0.717) is 0 Å². The van der Waals surface area contributed by atoms with Crippen LogP contribution in [0.5, 0.6) is 0 Å². The number of fused-ring (bicyclic) bond motifs is 1. The van der Waals surface area contributed by atoms with E-state index < -0.39 is 0 Å². The molecule has 1 atom stereocenters. The zero-order valence-corrected chi connectivity index (χ0v) is 12.8. The van der Waals surface area contributed by atoms with Crippen LogP contribution in [0.15, 0.2) is 41.0 Å². The molecule has 1 amide bonds. The maximum atomic E-state index is 12.1. The SMILES string of the molecule is CCCCC1=CN=C(C2Cc3ccccc3N2C(C)=O)C1. The van der Waals surface area contributed by atoms with Crippen molar-refractivity contribution in [1.29, 1.82) is 0 Å². The maximum Gasteiger partial charge on any atom is 0.224 e. The van der Waals surface area contributed by atoms with Crippen LogP contribution in [-0.2, 0) is 11.2 Å². The zero-order chi connectivity index (χ0) is 14.8. The summed E-state index contributed by atoms with van der Waals surface area (Å²) in [6.07, 6.45) is 7.40. The van der Waals surface area contributed by atoms with Crippen molar-refractivity contribution < 1.29 is 4.79 Å². The van der Waals surface area contributed by atoms with E-state index in [-0.39, 0.29) is 11.9 Å². The fourth-order valence-corrected chi connectivity index (χ4v) is 3.30. The van der Waals surface area contributed by atoms with Crippen molar-refractivity contribution in [3.63, 3.8) is 0 Å². The standard InChI is InChI=1S/C18H22N2O/c1-3-4-7-14-10-16(19-12-14)18-11-15-8-5-6-9-17(15)20(18)13(2)21/h5-6,8-9,12,18H,3-4,7,10-11H2,1-2H3. The van der Waals surface area contributed by atoms with E-state index in [4.69, 9.17) is 0 Å². The smallest absolute Gasteiger partial charge is 0.224 e. The lowest BCUT2D eigenvalue weighted by Gasteiger charge is -2.24. The summed E-state index contributed by atoms with van der Waals surface area (Å²) in [7, 11) is 0. The molecule has 0 aromatic heterocycles. The van der Waals surface area contributed by atoms with Crippen molar-refractivity contribution in [2.45, 2.75) is 52.0 Å². The normalized spacial score (nSPS) is 20.3. The number of carbonyl (C=O) groups excluding carboxylic acids is 1. The number of nitrogens with zero attached hydrogens (tertiary/aromatic N) is 2. The van der Waals surface area contributed by atoms with E-state index in [1.807, 2.05) is 29.3 Å². The molecule has 0 fully saturated rings. The molecular weight excluding hydrogens is 260 g/mol. The first-order chi connectivity index (χ1) is 10.2. The van der Waals surface area contributed by atoms with Gasteiger partial charge in [-0.2, -0.15) is 0 Å².